The van der Waals surface area contributed by atoms with E-state index in [4.69, 9.17) is 0 Å². The Hall–Kier alpha value is -1.05. The Morgan fingerprint density at radius 3 is 2.29 bits per heavy atom. The largest absolute Gasteiger partial charge is 0.401 e. The van der Waals surface area contributed by atoms with Crippen molar-refractivity contribution in [3.05, 3.63) is 30.1 Å². The maximum Gasteiger partial charge on any atom is 0.401 e. The van der Waals surface area contributed by atoms with E-state index < -0.39 is 12.7 Å². The quantitative estimate of drug-likeness (QED) is 0.824. The van der Waals surface area contributed by atoms with Gasteiger partial charge < -0.3 is 4.90 Å². The van der Waals surface area contributed by atoms with Crippen LogP contribution < -0.4 is 0 Å². The summed E-state index contributed by atoms with van der Waals surface area (Å²) in [4.78, 5) is 18.8. The van der Waals surface area contributed by atoms with Gasteiger partial charge in [0.1, 0.15) is 0 Å². The lowest BCUT2D eigenvalue weighted by atomic mass is 10.2. The molecular weight excluding hydrogens is 330 g/mol. The molecule has 0 N–H and O–H groups in total. The fourth-order valence-electron chi connectivity index (χ4n) is 2.03. The molecule has 0 spiro atoms. The molecule has 0 unspecified atom stereocenters. The topological polar surface area (TPSA) is 36.4 Å². The summed E-state index contributed by atoms with van der Waals surface area (Å²) in [6, 6.07) is 3.31. The maximum absolute atomic E-state index is 12.2. The van der Waals surface area contributed by atoms with E-state index >= 15 is 0 Å². The van der Waals surface area contributed by atoms with Crippen molar-refractivity contribution in [3.8, 4) is 0 Å². The number of carbonyl (C=O) groups excluding carboxylic acids is 1. The highest BCUT2D eigenvalue weighted by molar-refractivity contribution is 5.93. The molecule has 2 heterocycles. The zero-order chi connectivity index (χ0) is 13.9. The van der Waals surface area contributed by atoms with Gasteiger partial charge in [-0.25, -0.2) is 0 Å². The monoisotopic (exact) mass is 345 g/mol. The molecule has 9 heteroatoms. The van der Waals surface area contributed by atoms with Crippen molar-refractivity contribution in [2.24, 2.45) is 0 Å². The Labute approximate surface area is 133 Å². The predicted octanol–water partition coefficient (Wildman–Crippen LogP) is 2.25. The lowest BCUT2D eigenvalue weighted by molar-refractivity contribution is -0.148. The highest BCUT2D eigenvalue weighted by Crippen LogP contribution is 2.18. The van der Waals surface area contributed by atoms with E-state index in [1.165, 1.54) is 11.1 Å². The number of aromatic nitrogens is 1. The number of amides is 1. The van der Waals surface area contributed by atoms with Gasteiger partial charge in [-0.1, -0.05) is 0 Å². The van der Waals surface area contributed by atoms with Gasteiger partial charge in [0.25, 0.3) is 5.91 Å². The van der Waals surface area contributed by atoms with E-state index in [9.17, 15) is 18.0 Å². The van der Waals surface area contributed by atoms with Gasteiger partial charge in [-0.2, -0.15) is 13.2 Å². The molecule has 4 nitrogen and oxygen atoms in total. The molecular formula is C12H16Cl2F3N3O. The van der Waals surface area contributed by atoms with E-state index in [-0.39, 0.29) is 43.8 Å². The molecule has 1 fully saturated rings. The zero-order valence-corrected chi connectivity index (χ0v) is 12.7. The van der Waals surface area contributed by atoms with Crippen molar-refractivity contribution in [2.45, 2.75) is 6.18 Å². The maximum atomic E-state index is 12.2. The smallest absolute Gasteiger partial charge is 0.336 e. The first kappa shape index (κ1) is 19.9. The van der Waals surface area contributed by atoms with Crippen LogP contribution in [0, 0.1) is 0 Å². The third-order valence-electron chi connectivity index (χ3n) is 2.97. The third kappa shape index (κ3) is 6.07. The second kappa shape index (κ2) is 8.41. The number of hydrogen-bond donors (Lipinski definition) is 0. The minimum absolute atomic E-state index is 0. The van der Waals surface area contributed by atoms with Crippen LogP contribution in [0.3, 0.4) is 0 Å². The summed E-state index contributed by atoms with van der Waals surface area (Å²) >= 11 is 0. The first-order valence-corrected chi connectivity index (χ1v) is 5.94. The molecule has 1 aromatic rings. The first-order valence-electron chi connectivity index (χ1n) is 5.94. The minimum Gasteiger partial charge on any atom is -0.336 e. The van der Waals surface area contributed by atoms with Crippen molar-refractivity contribution >= 4 is 30.7 Å². The molecule has 0 radical (unpaired) electrons. The normalized spacial score (nSPS) is 15.9. The van der Waals surface area contributed by atoms with E-state index in [0.717, 1.165) is 0 Å². The van der Waals surface area contributed by atoms with Gasteiger partial charge >= 0.3 is 6.18 Å². The van der Waals surface area contributed by atoms with Crippen LogP contribution >= 0.6 is 24.8 Å². The van der Waals surface area contributed by atoms with Crippen LogP contribution in [-0.4, -0.2) is 59.6 Å². The summed E-state index contributed by atoms with van der Waals surface area (Å²) in [6.07, 6.45) is -1.15. The SMILES string of the molecule is Cl.Cl.O=C(c1cccnc1)N1CCN(CC(F)(F)F)CC1. The van der Waals surface area contributed by atoms with Gasteiger partial charge in [0.05, 0.1) is 12.1 Å². The van der Waals surface area contributed by atoms with Crippen LogP contribution in [0.1, 0.15) is 10.4 Å². The molecule has 120 valence electrons. The lowest BCUT2D eigenvalue weighted by Gasteiger charge is -2.34. The van der Waals surface area contributed by atoms with Crippen LogP contribution in [-0.2, 0) is 0 Å². The van der Waals surface area contributed by atoms with Gasteiger partial charge in [0, 0.05) is 38.6 Å². The number of piperazine rings is 1. The number of hydrogen-bond acceptors (Lipinski definition) is 3. The Balaban J connectivity index is 0.00000200. The Bertz CT molecular complexity index is 437. The van der Waals surface area contributed by atoms with Gasteiger partial charge in [-0.3, -0.25) is 14.7 Å². The number of carbonyl (C=O) groups is 1. The van der Waals surface area contributed by atoms with E-state index in [1.54, 1.807) is 23.2 Å². The average molecular weight is 346 g/mol. The zero-order valence-electron chi connectivity index (χ0n) is 11.0. The fourth-order valence-corrected chi connectivity index (χ4v) is 2.03. The average Bonchev–Trinajstić information content (AvgIpc) is 2.38. The number of alkyl halides is 3. The first-order chi connectivity index (χ1) is 8.96. The van der Waals surface area contributed by atoms with Crippen LogP contribution in [0.25, 0.3) is 0 Å². The molecule has 0 aliphatic carbocycles. The van der Waals surface area contributed by atoms with Crippen molar-refractivity contribution in [1.29, 1.82) is 0 Å². The minimum atomic E-state index is -4.18. The van der Waals surface area contributed by atoms with Crippen LogP contribution in [0.15, 0.2) is 24.5 Å². The standard InChI is InChI=1S/C12H14F3N3O.2ClH/c13-12(14,15)9-17-4-6-18(7-5-17)11(19)10-2-1-3-16-8-10;;/h1-3,8H,4-7,9H2;2*1H. The molecule has 0 aromatic carbocycles. The van der Waals surface area contributed by atoms with Crippen molar-refractivity contribution in [2.75, 3.05) is 32.7 Å². The third-order valence-corrected chi connectivity index (χ3v) is 2.97. The molecule has 1 aliphatic rings. The summed E-state index contributed by atoms with van der Waals surface area (Å²) in [6.45, 7) is 0.187. The molecule has 21 heavy (non-hydrogen) atoms. The number of nitrogens with zero attached hydrogens (tertiary/aromatic N) is 3. The number of halogens is 5. The molecule has 1 saturated heterocycles. The highest BCUT2D eigenvalue weighted by Gasteiger charge is 2.32. The second-order valence-electron chi connectivity index (χ2n) is 4.43. The number of rotatable bonds is 2. The Morgan fingerprint density at radius 1 is 1.19 bits per heavy atom. The number of pyridine rings is 1. The summed E-state index contributed by atoms with van der Waals surface area (Å²) < 4.78 is 36.7. The van der Waals surface area contributed by atoms with Crippen LogP contribution in [0.2, 0.25) is 0 Å². The lowest BCUT2D eigenvalue weighted by Crippen LogP contribution is -2.50. The summed E-state index contributed by atoms with van der Waals surface area (Å²) in [5.41, 5.74) is 0.465. The van der Waals surface area contributed by atoms with Crippen molar-refractivity contribution in [3.63, 3.8) is 0 Å². The van der Waals surface area contributed by atoms with E-state index in [2.05, 4.69) is 4.98 Å². The fraction of sp³-hybridized carbons (Fsp3) is 0.500. The van der Waals surface area contributed by atoms with E-state index in [1.807, 2.05) is 0 Å². The van der Waals surface area contributed by atoms with E-state index in [0.29, 0.717) is 18.7 Å². The molecule has 1 aromatic heterocycles. The van der Waals surface area contributed by atoms with Crippen molar-refractivity contribution in [1.82, 2.24) is 14.8 Å². The Kier molecular flexibility index (Phi) is 7.99. The van der Waals surface area contributed by atoms with Crippen LogP contribution in [0.4, 0.5) is 13.2 Å². The summed E-state index contributed by atoms with van der Waals surface area (Å²) in [5.74, 6) is -0.181. The van der Waals surface area contributed by atoms with Crippen LogP contribution in [0.5, 0.6) is 0 Å². The molecule has 0 atom stereocenters. The van der Waals surface area contributed by atoms with Crippen molar-refractivity contribution < 1.29 is 18.0 Å². The Morgan fingerprint density at radius 2 is 1.81 bits per heavy atom. The van der Waals surface area contributed by atoms with Gasteiger partial charge in [-0.15, -0.1) is 24.8 Å². The summed E-state index contributed by atoms with van der Waals surface area (Å²) in [5, 5.41) is 0. The molecule has 0 bridgehead atoms. The molecule has 0 saturated carbocycles. The molecule has 1 amide bonds. The predicted molar refractivity (Wildman–Crippen MR) is 77.1 cm³/mol. The van der Waals surface area contributed by atoms with Gasteiger partial charge in [0.2, 0.25) is 0 Å². The molecule has 1 aliphatic heterocycles. The van der Waals surface area contributed by atoms with Gasteiger partial charge in [-0.05, 0) is 12.1 Å². The highest BCUT2D eigenvalue weighted by atomic mass is 35.5. The van der Waals surface area contributed by atoms with Gasteiger partial charge in [0.15, 0.2) is 0 Å². The summed E-state index contributed by atoms with van der Waals surface area (Å²) in [7, 11) is 0. The second-order valence-corrected chi connectivity index (χ2v) is 4.43. The molecule has 2 rings (SSSR count).